The molecule has 2 aliphatic rings. The van der Waals surface area contributed by atoms with Gasteiger partial charge in [-0.25, -0.2) is 9.59 Å². The number of carbonyl (C=O) groups is 3. The fourth-order valence-electron chi connectivity index (χ4n) is 4.45. The Morgan fingerprint density at radius 3 is 2.54 bits per heavy atom. The van der Waals surface area contributed by atoms with Gasteiger partial charge < -0.3 is 10.1 Å². The van der Waals surface area contributed by atoms with Gasteiger partial charge in [0, 0.05) is 4.47 Å². The number of hydrogen-bond acceptors (Lipinski definition) is 4. The SMILES string of the molecule is CC1CC(C)(C)CC2(C1)NC(=O)N(CC(=O)Oc1ccc(Br)cc1)C2=O. The summed E-state index contributed by atoms with van der Waals surface area (Å²) in [7, 11) is 0. The van der Waals surface area contributed by atoms with Crippen molar-refractivity contribution in [3.63, 3.8) is 0 Å². The van der Waals surface area contributed by atoms with Crippen molar-refractivity contribution in [2.24, 2.45) is 11.3 Å². The van der Waals surface area contributed by atoms with Gasteiger partial charge in [0.05, 0.1) is 0 Å². The Balaban J connectivity index is 1.71. The molecule has 3 rings (SSSR count). The molecule has 6 nitrogen and oxygen atoms in total. The predicted octanol–water partition coefficient (Wildman–Crippen LogP) is 3.49. The van der Waals surface area contributed by atoms with E-state index in [4.69, 9.17) is 4.74 Å². The lowest BCUT2D eigenvalue weighted by Crippen LogP contribution is -2.54. The van der Waals surface area contributed by atoms with Gasteiger partial charge in [-0.1, -0.05) is 36.7 Å². The van der Waals surface area contributed by atoms with E-state index in [9.17, 15) is 14.4 Å². The molecule has 1 aromatic rings. The van der Waals surface area contributed by atoms with Gasteiger partial charge >= 0.3 is 12.0 Å². The minimum atomic E-state index is -0.907. The van der Waals surface area contributed by atoms with Crippen molar-refractivity contribution < 1.29 is 19.1 Å². The molecule has 0 radical (unpaired) electrons. The number of halogens is 1. The Bertz CT molecular complexity index is 746. The Morgan fingerprint density at radius 1 is 1.27 bits per heavy atom. The zero-order valence-corrected chi connectivity index (χ0v) is 16.8. The summed E-state index contributed by atoms with van der Waals surface area (Å²) in [4.78, 5) is 38.6. The average molecular weight is 423 g/mol. The Morgan fingerprint density at radius 2 is 1.92 bits per heavy atom. The van der Waals surface area contributed by atoms with Gasteiger partial charge in [0.2, 0.25) is 0 Å². The molecule has 1 aromatic carbocycles. The van der Waals surface area contributed by atoms with Crippen LogP contribution in [0.15, 0.2) is 28.7 Å². The Labute approximate surface area is 161 Å². The van der Waals surface area contributed by atoms with E-state index in [-0.39, 0.29) is 11.3 Å². The van der Waals surface area contributed by atoms with E-state index >= 15 is 0 Å². The topological polar surface area (TPSA) is 75.7 Å². The monoisotopic (exact) mass is 422 g/mol. The van der Waals surface area contributed by atoms with Crippen LogP contribution in [0.5, 0.6) is 5.75 Å². The van der Waals surface area contributed by atoms with Crippen LogP contribution in [-0.2, 0) is 9.59 Å². The van der Waals surface area contributed by atoms with Gasteiger partial charge in [-0.05, 0) is 54.9 Å². The van der Waals surface area contributed by atoms with Crippen LogP contribution in [0.1, 0.15) is 40.0 Å². The van der Waals surface area contributed by atoms with Crippen molar-refractivity contribution in [2.45, 2.75) is 45.6 Å². The number of hydrogen-bond donors (Lipinski definition) is 1. The lowest BCUT2D eigenvalue weighted by Gasteiger charge is -2.43. The van der Waals surface area contributed by atoms with Crippen molar-refractivity contribution in [2.75, 3.05) is 6.54 Å². The number of nitrogens with one attached hydrogen (secondary N) is 1. The van der Waals surface area contributed by atoms with Crippen molar-refractivity contribution >= 4 is 33.8 Å². The first kappa shape index (κ1) is 18.9. The standard InChI is InChI=1S/C19H23BrN2O4/c1-12-8-18(2,3)11-19(9-12)16(24)22(17(25)21-19)10-15(23)26-14-6-4-13(20)5-7-14/h4-7,12H,8-11H2,1-3H3,(H,21,25). The molecule has 140 valence electrons. The van der Waals surface area contributed by atoms with Crippen molar-refractivity contribution in [1.82, 2.24) is 10.2 Å². The number of nitrogens with zero attached hydrogens (tertiary/aromatic N) is 1. The third kappa shape index (κ3) is 3.77. The van der Waals surface area contributed by atoms with Crippen LogP contribution in [0.2, 0.25) is 0 Å². The first-order valence-corrected chi connectivity index (χ1v) is 9.50. The first-order valence-electron chi connectivity index (χ1n) is 8.71. The van der Waals surface area contributed by atoms with Crippen LogP contribution in [0, 0.1) is 11.3 Å². The van der Waals surface area contributed by atoms with Crippen molar-refractivity contribution in [3.05, 3.63) is 28.7 Å². The molecule has 1 heterocycles. The smallest absolute Gasteiger partial charge is 0.331 e. The molecule has 2 fully saturated rings. The Hall–Kier alpha value is -1.89. The zero-order chi connectivity index (χ0) is 19.1. The molecule has 2 unspecified atom stereocenters. The molecule has 1 saturated heterocycles. The summed E-state index contributed by atoms with van der Waals surface area (Å²) in [6.45, 7) is 5.91. The number of imide groups is 1. The minimum absolute atomic E-state index is 0.0471. The third-order valence-electron chi connectivity index (χ3n) is 4.96. The molecular formula is C19H23BrN2O4. The van der Waals surface area contributed by atoms with Gasteiger partial charge in [-0.15, -0.1) is 0 Å². The molecular weight excluding hydrogens is 400 g/mol. The number of urea groups is 1. The van der Waals surface area contributed by atoms with Crippen LogP contribution in [0.25, 0.3) is 0 Å². The molecule has 1 aliphatic heterocycles. The van der Waals surface area contributed by atoms with E-state index < -0.39 is 24.1 Å². The average Bonchev–Trinajstić information content (AvgIpc) is 2.71. The van der Waals surface area contributed by atoms with Gasteiger partial charge in [0.25, 0.3) is 5.91 Å². The fourth-order valence-corrected chi connectivity index (χ4v) is 4.71. The largest absolute Gasteiger partial charge is 0.425 e. The summed E-state index contributed by atoms with van der Waals surface area (Å²) in [6, 6.07) is 6.25. The fraction of sp³-hybridized carbons (Fsp3) is 0.526. The van der Waals surface area contributed by atoms with E-state index in [0.29, 0.717) is 24.5 Å². The number of rotatable bonds is 3. The first-order chi connectivity index (χ1) is 12.1. The molecule has 1 aliphatic carbocycles. The molecule has 1 spiro atoms. The highest BCUT2D eigenvalue weighted by atomic mass is 79.9. The van der Waals surface area contributed by atoms with Crippen LogP contribution in [0.3, 0.4) is 0 Å². The van der Waals surface area contributed by atoms with Gasteiger partial charge in [0.1, 0.15) is 17.8 Å². The zero-order valence-electron chi connectivity index (χ0n) is 15.2. The summed E-state index contributed by atoms with van der Waals surface area (Å²) in [5.41, 5.74) is -0.954. The highest BCUT2D eigenvalue weighted by molar-refractivity contribution is 9.10. The van der Waals surface area contributed by atoms with E-state index in [1.165, 1.54) is 0 Å². The minimum Gasteiger partial charge on any atom is -0.425 e. The molecule has 26 heavy (non-hydrogen) atoms. The summed E-state index contributed by atoms with van der Waals surface area (Å²) in [6.07, 6.45) is 2.18. The number of carbonyl (C=O) groups excluding carboxylic acids is 3. The quantitative estimate of drug-likeness (QED) is 0.459. The van der Waals surface area contributed by atoms with Crippen LogP contribution < -0.4 is 10.1 Å². The van der Waals surface area contributed by atoms with Gasteiger partial charge in [0.15, 0.2) is 0 Å². The number of esters is 1. The molecule has 1 N–H and O–H groups in total. The number of amides is 3. The maximum atomic E-state index is 13.0. The highest BCUT2D eigenvalue weighted by Crippen LogP contribution is 2.46. The summed E-state index contributed by atoms with van der Waals surface area (Å²) in [5, 5.41) is 2.86. The number of benzene rings is 1. The Kier molecular flexibility index (Phi) is 4.86. The second kappa shape index (κ2) is 6.68. The lowest BCUT2D eigenvalue weighted by atomic mass is 9.64. The molecule has 7 heteroatoms. The van der Waals surface area contributed by atoms with E-state index in [1.54, 1.807) is 24.3 Å². The van der Waals surface area contributed by atoms with Crippen LogP contribution in [-0.4, -0.2) is 34.9 Å². The molecule has 0 aromatic heterocycles. The molecule has 0 bridgehead atoms. The van der Waals surface area contributed by atoms with Crippen molar-refractivity contribution in [3.8, 4) is 5.75 Å². The predicted molar refractivity (Wildman–Crippen MR) is 99.5 cm³/mol. The summed E-state index contributed by atoms with van der Waals surface area (Å²) < 4.78 is 6.10. The molecule has 2 atom stereocenters. The van der Waals surface area contributed by atoms with Crippen LogP contribution in [0.4, 0.5) is 4.79 Å². The summed E-state index contributed by atoms with van der Waals surface area (Å²) in [5.74, 6) is -0.282. The maximum Gasteiger partial charge on any atom is 0.331 e. The number of ether oxygens (including phenoxy) is 1. The maximum absolute atomic E-state index is 13.0. The molecule has 1 saturated carbocycles. The second-order valence-electron chi connectivity index (χ2n) is 8.19. The molecule has 3 amide bonds. The van der Waals surface area contributed by atoms with Gasteiger partial charge in [-0.2, -0.15) is 0 Å². The van der Waals surface area contributed by atoms with Gasteiger partial charge in [-0.3, -0.25) is 9.69 Å². The normalized spacial score (nSPS) is 27.5. The third-order valence-corrected chi connectivity index (χ3v) is 5.49. The summed E-state index contributed by atoms with van der Waals surface area (Å²) >= 11 is 3.31. The second-order valence-corrected chi connectivity index (χ2v) is 9.10. The van der Waals surface area contributed by atoms with E-state index in [0.717, 1.165) is 15.8 Å². The van der Waals surface area contributed by atoms with Crippen molar-refractivity contribution in [1.29, 1.82) is 0 Å². The lowest BCUT2D eigenvalue weighted by molar-refractivity contribution is -0.142. The van der Waals surface area contributed by atoms with E-state index in [1.807, 2.05) is 0 Å². The highest BCUT2D eigenvalue weighted by Gasteiger charge is 2.56. The van der Waals surface area contributed by atoms with E-state index in [2.05, 4.69) is 42.0 Å². The van der Waals surface area contributed by atoms with Crippen LogP contribution >= 0.6 is 15.9 Å².